The summed E-state index contributed by atoms with van der Waals surface area (Å²) in [5, 5.41) is 0. The highest BCUT2D eigenvalue weighted by molar-refractivity contribution is 5.73. The molecule has 3 heteroatoms. The second-order valence-electron chi connectivity index (χ2n) is 3.99. The van der Waals surface area contributed by atoms with E-state index in [9.17, 15) is 0 Å². The number of benzene rings is 1. The summed E-state index contributed by atoms with van der Waals surface area (Å²) in [7, 11) is 1.63. The number of nitrogens with zero attached hydrogens (tertiary/aromatic N) is 2. The molecule has 0 spiro atoms. The van der Waals surface area contributed by atoms with Gasteiger partial charge in [0.05, 0.1) is 7.11 Å². The van der Waals surface area contributed by atoms with E-state index in [1.807, 2.05) is 47.1 Å². The molecular formula is C15H13N2O+. The van der Waals surface area contributed by atoms with E-state index in [1.54, 1.807) is 7.11 Å². The van der Waals surface area contributed by atoms with Crippen LogP contribution >= 0.6 is 0 Å². The Kier molecular flexibility index (Phi) is 2.65. The molecule has 18 heavy (non-hydrogen) atoms. The van der Waals surface area contributed by atoms with E-state index in [0.29, 0.717) is 5.88 Å². The van der Waals surface area contributed by atoms with E-state index in [0.717, 1.165) is 16.8 Å². The molecule has 0 N–H and O–H groups in total. The Morgan fingerprint density at radius 1 is 1.00 bits per heavy atom. The molecule has 2 aromatic heterocycles. The SMILES string of the molecule is COc1c[n+]2ccccc2c(-c2ccccc2)n1. The van der Waals surface area contributed by atoms with Crippen LogP contribution < -0.4 is 9.14 Å². The van der Waals surface area contributed by atoms with Gasteiger partial charge in [-0.3, -0.25) is 0 Å². The average Bonchev–Trinajstić information content (AvgIpc) is 2.47. The smallest absolute Gasteiger partial charge is 0.280 e. The Balaban J connectivity index is 2.33. The van der Waals surface area contributed by atoms with Gasteiger partial charge in [-0.1, -0.05) is 30.3 Å². The first-order valence-electron chi connectivity index (χ1n) is 5.79. The fourth-order valence-corrected chi connectivity index (χ4v) is 1.99. The van der Waals surface area contributed by atoms with Crippen molar-refractivity contribution < 1.29 is 9.14 Å². The van der Waals surface area contributed by atoms with E-state index >= 15 is 0 Å². The molecular weight excluding hydrogens is 224 g/mol. The van der Waals surface area contributed by atoms with Crippen molar-refractivity contribution in [1.29, 1.82) is 0 Å². The lowest BCUT2D eigenvalue weighted by molar-refractivity contribution is -0.512. The molecule has 0 aliphatic carbocycles. The fourth-order valence-electron chi connectivity index (χ4n) is 1.99. The molecule has 88 valence electrons. The van der Waals surface area contributed by atoms with Crippen molar-refractivity contribution in [1.82, 2.24) is 4.98 Å². The van der Waals surface area contributed by atoms with Gasteiger partial charge in [-0.25, -0.2) is 4.98 Å². The zero-order chi connectivity index (χ0) is 12.4. The first-order chi connectivity index (χ1) is 8.88. The Labute approximate surface area is 105 Å². The molecule has 0 fully saturated rings. The van der Waals surface area contributed by atoms with Crippen molar-refractivity contribution in [2.24, 2.45) is 0 Å². The standard InChI is InChI=1S/C15H13N2O/c1-18-14-11-17-10-6-5-9-13(17)15(16-14)12-7-3-2-4-8-12/h2-11H,1H3/q+1. The van der Waals surface area contributed by atoms with Crippen LogP contribution in [0.15, 0.2) is 60.9 Å². The maximum atomic E-state index is 5.25. The van der Waals surface area contributed by atoms with Crippen molar-refractivity contribution >= 4 is 5.52 Å². The van der Waals surface area contributed by atoms with E-state index in [1.165, 1.54) is 0 Å². The minimum absolute atomic E-state index is 0.609. The van der Waals surface area contributed by atoms with Crippen molar-refractivity contribution in [3.63, 3.8) is 0 Å². The highest BCUT2D eigenvalue weighted by Gasteiger charge is 2.14. The van der Waals surface area contributed by atoms with Crippen molar-refractivity contribution in [2.75, 3.05) is 7.11 Å². The van der Waals surface area contributed by atoms with Crippen LogP contribution in [-0.4, -0.2) is 12.1 Å². The van der Waals surface area contributed by atoms with Gasteiger partial charge in [0, 0.05) is 17.7 Å². The maximum Gasteiger partial charge on any atom is 0.280 e. The highest BCUT2D eigenvalue weighted by Crippen LogP contribution is 2.21. The lowest BCUT2D eigenvalue weighted by atomic mass is 10.1. The van der Waals surface area contributed by atoms with Crippen LogP contribution in [0.25, 0.3) is 16.8 Å². The van der Waals surface area contributed by atoms with Crippen LogP contribution in [0.4, 0.5) is 0 Å². The molecule has 2 heterocycles. The number of hydrogen-bond donors (Lipinski definition) is 0. The monoisotopic (exact) mass is 237 g/mol. The first-order valence-corrected chi connectivity index (χ1v) is 5.79. The molecule has 0 saturated carbocycles. The summed E-state index contributed by atoms with van der Waals surface area (Å²) in [6.07, 6.45) is 3.87. The van der Waals surface area contributed by atoms with E-state index < -0.39 is 0 Å². The molecule has 3 aromatic rings. The molecule has 0 radical (unpaired) electrons. The Morgan fingerprint density at radius 3 is 2.56 bits per heavy atom. The van der Waals surface area contributed by atoms with E-state index in [2.05, 4.69) is 23.2 Å². The molecule has 3 nitrogen and oxygen atoms in total. The average molecular weight is 237 g/mol. The van der Waals surface area contributed by atoms with Crippen LogP contribution in [0.3, 0.4) is 0 Å². The molecule has 0 bridgehead atoms. The molecule has 0 atom stereocenters. The zero-order valence-electron chi connectivity index (χ0n) is 10.1. The predicted molar refractivity (Wildman–Crippen MR) is 69.4 cm³/mol. The third-order valence-corrected chi connectivity index (χ3v) is 2.86. The summed E-state index contributed by atoms with van der Waals surface area (Å²) in [6.45, 7) is 0. The van der Waals surface area contributed by atoms with Gasteiger partial charge >= 0.3 is 0 Å². The van der Waals surface area contributed by atoms with Gasteiger partial charge < -0.3 is 4.74 Å². The number of ether oxygens (including phenoxy) is 1. The summed E-state index contributed by atoms with van der Waals surface area (Å²) in [5.41, 5.74) is 3.07. The maximum absolute atomic E-state index is 5.25. The molecule has 0 aliphatic heterocycles. The summed E-state index contributed by atoms with van der Waals surface area (Å²) in [6, 6.07) is 16.2. The van der Waals surface area contributed by atoms with Gasteiger partial charge in [0.2, 0.25) is 11.7 Å². The predicted octanol–water partition coefficient (Wildman–Crippen LogP) is 2.50. The summed E-state index contributed by atoms with van der Waals surface area (Å²) in [5.74, 6) is 0.609. The number of pyridine rings is 1. The second-order valence-corrected chi connectivity index (χ2v) is 3.99. The lowest BCUT2D eigenvalue weighted by Gasteiger charge is -2.03. The third-order valence-electron chi connectivity index (χ3n) is 2.86. The van der Waals surface area contributed by atoms with Crippen molar-refractivity contribution in [3.05, 3.63) is 60.9 Å². The normalized spacial score (nSPS) is 10.5. The largest absolute Gasteiger partial charge is 0.477 e. The van der Waals surface area contributed by atoms with Crippen molar-refractivity contribution in [2.45, 2.75) is 0 Å². The molecule has 0 amide bonds. The van der Waals surface area contributed by atoms with Gasteiger partial charge in [-0.05, 0) is 6.07 Å². The van der Waals surface area contributed by atoms with Crippen LogP contribution in [0.2, 0.25) is 0 Å². The Bertz CT molecular complexity index is 680. The topological polar surface area (TPSA) is 26.2 Å². The summed E-state index contributed by atoms with van der Waals surface area (Å²) < 4.78 is 7.27. The number of rotatable bonds is 2. The van der Waals surface area contributed by atoms with Crippen molar-refractivity contribution in [3.8, 4) is 17.1 Å². The number of hydrogen-bond acceptors (Lipinski definition) is 2. The summed E-state index contributed by atoms with van der Waals surface area (Å²) >= 11 is 0. The minimum atomic E-state index is 0.609. The Morgan fingerprint density at radius 2 is 1.78 bits per heavy atom. The zero-order valence-corrected chi connectivity index (χ0v) is 10.1. The van der Waals surface area contributed by atoms with E-state index in [-0.39, 0.29) is 0 Å². The van der Waals surface area contributed by atoms with E-state index in [4.69, 9.17) is 4.74 Å². The number of methoxy groups -OCH3 is 1. The molecule has 1 aromatic carbocycles. The molecule has 0 aliphatic rings. The highest BCUT2D eigenvalue weighted by atomic mass is 16.5. The first kappa shape index (κ1) is 10.7. The molecule has 0 saturated heterocycles. The lowest BCUT2D eigenvalue weighted by Crippen LogP contribution is -2.22. The Hall–Kier alpha value is -2.42. The van der Waals surface area contributed by atoms with Gasteiger partial charge in [0.25, 0.3) is 5.88 Å². The quantitative estimate of drug-likeness (QED) is 0.640. The third kappa shape index (κ3) is 1.80. The van der Waals surface area contributed by atoms with Crippen LogP contribution in [-0.2, 0) is 0 Å². The molecule has 0 unspecified atom stereocenters. The second kappa shape index (κ2) is 4.45. The van der Waals surface area contributed by atoms with Gasteiger partial charge in [-0.2, -0.15) is 4.40 Å². The van der Waals surface area contributed by atoms with Gasteiger partial charge in [-0.15, -0.1) is 0 Å². The van der Waals surface area contributed by atoms with Crippen LogP contribution in [0, 0.1) is 0 Å². The van der Waals surface area contributed by atoms with Crippen LogP contribution in [0.1, 0.15) is 0 Å². The fraction of sp³-hybridized carbons (Fsp3) is 0.0667. The van der Waals surface area contributed by atoms with Gasteiger partial charge in [0.15, 0.2) is 6.20 Å². The minimum Gasteiger partial charge on any atom is -0.477 e. The van der Waals surface area contributed by atoms with Crippen LogP contribution in [0.5, 0.6) is 5.88 Å². The number of aromatic nitrogens is 2. The number of fused-ring (bicyclic) bond motifs is 1. The van der Waals surface area contributed by atoms with Gasteiger partial charge in [0.1, 0.15) is 5.69 Å². The molecule has 3 rings (SSSR count). The summed E-state index contributed by atoms with van der Waals surface area (Å²) in [4.78, 5) is 4.55.